The minimum atomic E-state index is 0.412. The molecule has 0 fully saturated rings. The lowest BCUT2D eigenvalue weighted by atomic mass is 10.2. The van der Waals surface area contributed by atoms with E-state index < -0.39 is 0 Å². The molecule has 0 bridgehead atoms. The summed E-state index contributed by atoms with van der Waals surface area (Å²) in [4.78, 5) is 5.84. The lowest BCUT2D eigenvalue weighted by molar-refractivity contribution is 0.480. The maximum atomic E-state index is 4.47. The van der Waals surface area contributed by atoms with Crippen molar-refractivity contribution in [1.29, 1.82) is 0 Å². The molecule has 0 radical (unpaired) electrons. The van der Waals surface area contributed by atoms with E-state index in [1.165, 1.54) is 10.6 Å². The fourth-order valence-electron chi connectivity index (χ4n) is 2.01. The van der Waals surface area contributed by atoms with Crippen LogP contribution in [0.15, 0.2) is 0 Å². The van der Waals surface area contributed by atoms with E-state index in [2.05, 4.69) is 50.2 Å². The third-order valence-electron chi connectivity index (χ3n) is 2.91. The number of aryl methyl sites for hydroxylation is 2. The Bertz CT molecular complexity index is 335. The Labute approximate surface area is 109 Å². The van der Waals surface area contributed by atoms with Gasteiger partial charge in [-0.25, -0.2) is 4.98 Å². The molecule has 1 aromatic rings. The Morgan fingerprint density at radius 1 is 1.24 bits per heavy atom. The standard InChI is InChI=1S/C13H25N3S/c1-6-14-9(2)7-8-15-10(3)13-11(4)16-12(5)17-13/h9-10,14-15H,6-8H2,1-5H3. The maximum Gasteiger partial charge on any atom is 0.0900 e. The molecule has 0 amide bonds. The molecule has 3 nitrogen and oxygen atoms in total. The highest BCUT2D eigenvalue weighted by atomic mass is 32.1. The summed E-state index contributed by atoms with van der Waals surface area (Å²) < 4.78 is 0. The second kappa shape index (κ2) is 7.09. The molecule has 2 N–H and O–H groups in total. The van der Waals surface area contributed by atoms with Crippen LogP contribution in [0.2, 0.25) is 0 Å². The molecule has 1 aromatic heterocycles. The molecule has 2 atom stereocenters. The smallest absolute Gasteiger partial charge is 0.0900 e. The lowest BCUT2D eigenvalue weighted by Crippen LogP contribution is -2.30. The molecule has 4 heteroatoms. The van der Waals surface area contributed by atoms with Gasteiger partial charge in [-0.05, 0) is 47.2 Å². The van der Waals surface area contributed by atoms with Gasteiger partial charge < -0.3 is 10.6 Å². The van der Waals surface area contributed by atoms with E-state index in [0.717, 1.165) is 24.5 Å². The Kier molecular flexibility index (Phi) is 6.09. The van der Waals surface area contributed by atoms with Crippen LogP contribution in [0.25, 0.3) is 0 Å². The van der Waals surface area contributed by atoms with Crippen LogP contribution in [-0.2, 0) is 0 Å². The summed E-state index contributed by atoms with van der Waals surface area (Å²) in [5.74, 6) is 0. The van der Waals surface area contributed by atoms with Crippen molar-refractivity contribution in [3.8, 4) is 0 Å². The fraction of sp³-hybridized carbons (Fsp3) is 0.769. The van der Waals surface area contributed by atoms with Gasteiger partial charge in [-0.1, -0.05) is 6.92 Å². The molecule has 1 heterocycles. The predicted octanol–water partition coefficient (Wildman–Crippen LogP) is 2.80. The molecule has 0 aliphatic heterocycles. The minimum Gasteiger partial charge on any atom is -0.314 e. The molecular weight excluding hydrogens is 230 g/mol. The zero-order valence-electron chi connectivity index (χ0n) is 11.6. The average molecular weight is 255 g/mol. The second-order valence-electron chi connectivity index (χ2n) is 4.61. The van der Waals surface area contributed by atoms with E-state index in [1.54, 1.807) is 11.3 Å². The SMILES string of the molecule is CCNC(C)CCNC(C)c1sc(C)nc1C. The molecule has 17 heavy (non-hydrogen) atoms. The third kappa shape index (κ3) is 4.74. The number of nitrogens with zero attached hydrogens (tertiary/aromatic N) is 1. The molecule has 1 rings (SSSR count). The van der Waals surface area contributed by atoms with Crippen molar-refractivity contribution in [1.82, 2.24) is 15.6 Å². The van der Waals surface area contributed by atoms with Crippen molar-refractivity contribution < 1.29 is 0 Å². The van der Waals surface area contributed by atoms with Gasteiger partial charge in [0.15, 0.2) is 0 Å². The number of hydrogen-bond acceptors (Lipinski definition) is 4. The summed E-state index contributed by atoms with van der Waals surface area (Å²) in [5.41, 5.74) is 1.17. The van der Waals surface area contributed by atoms with E-state index in [1.807, 2.05) is 0 Å². The van der Waals surface area contributed by atoms with Gasteiger partial charge in [-0.15, -0.1) is 11.3 Å². The van der Waals surface area contributed by atoms with Crippen molar-refractivity contribution in [2.24, 2.45) is 0 Å². The fourth-order valence-corrected chi connectivity index (χ4v) is 2.96. The van der Waals surface area contributed by atoms with Crippen LogP contribution in [0.1, 0.15) is 48.8 Å². The van der Waals surface area contributed by atoms with Crippen LogP contribution in [0.4, 0.5) is 0 Å². The third-order valence-corrected chi connectivity index (χ3v) is 4.17. The van der Waals surface area contributed by atoms with Crippen LogP contribution in [0.3, 0.4) is 0 Å². The predicted molar refractivity (Wildman–Crippen MR) is 75.8 cm³/mol. The molecule has 0 aliphatic carbocycles. The Balaban J connectivity index is 2.35. The normalized spacial score (nSPS) is 14.9. The van der Waals surface area contributed by atoms with Crippen LogP contribution in [-0.4, -0.2) is 24.1 Å². The van der Waals surface area contributed by atoms with E-state index in [-0.39, 0.29) is 0 Å². The van der Waals surface area contributed by atoms with E-state index in [9.17, 15) is 0 Å². The monoisotopic (exact) mass is 255 g/mol. The second-order valence-corrected chi connectivity index (χ2v) is 5.84. The highest BCUT2D eigenvalue weighted by Crippen LogP contribution is 2.24. The van der Waals surface area contributed by atoms with Crippen molar-refractivity contribution in [3.05, 3.63) is 15.6 Å². The molecule has 0 aromatic carbocycles. The van der Waals surface area contributed by atoms with Crippen LogP contribution >= 0.6 is 11.3 Å². The summed E-state index contributed by atoms with van der Waals surface area (Å²) in [5, 5.41) is 8.16. The van der Waals surface area contributed by atoms with Gasteiger partial charge in [0.2, 0.25) is 0 Å². The molecule has 0 saturated carbocycles. The summed E-state index contributed by atoms with van der Waals surface area (Å²) >= 11 is 1.80. The number of hydrogen-bond donors (Lipinski definition) is 2. The van der Waals surface area contributed by atoms with Gasteiger partial charge in [-0.2, -0.15) is 0 Å². The van der Waals surface area contributed by atoms with Crippen molar-refractivity contribution in [3.63, 3.8) is 0 Å². The van der Waals surface area contributed by atoms with Gasteiger partial charge in [0.05, 0.1) is 10.7 Å². The Morgan fingerprint density at radius 3 is 2.47 bits per heavy atom. The Morgan fingerprint density at radius 2 is 1.94 bits per heavy atom. The van der Waals surface area contributed by atoms with Gasteiger partial charge in [0.1, 0.15) is 0 Å². The first-order chi connectivity index (χ1) is 8.04. The van der Waals surface area contributed by atoms with E-state index in [0.29, 0.717) is 12.1 Å². The number of thiazole rings is 1. The molecule has 2 unspecified atom stereocenters. The minimum absolute atomic E-state index is 0.412. The van der Waals surface area contributed by atoms with Gasteiger partial charge in [0, 0.05) is 17.0 Å². The molecule has 98 valence electrons. The first kappa shape index (κ1) is 14.6. The van der Waals surface area contributed by atoms with Crippen LogP contribution in [0.5, 0.6) is 0 Å². The van der Waals surface area contributed by atoms with Gasteiger partial charge in [0.25, 0.3) is 0 Å². The lowest BCUT2D eigenvalue weighted by Gasteiger charge is -2.16. The zero-order chi connectivity index (χ0) is 12.8. The number of nitrogens with one attached hydrogen (secondary N) is 2. The van der Waals surface area contributed by atoms with Gasteiger partial charge >= 0.3 is 0 Å². The number of rotatable bonds is 7. The highest BCUT2D eigenvalue weighted by molar-refractivity contribution is 7.11. The maximum absolute atomic E-state index is 4.47. The highest BCUT2D eigenvalue weighted by Gasteiger charge is 2.12. The van der Waals surface area contributed by atoms with Crippen molar-refractivity contribution in [2.75, 3.05) is 13.1 Å². The topological polar surface area (TPSA) is 37.0 Å². The molecular formula is C13H25N3S. The van der Waals surface area contributed by atoms with E-state index in [4.69, 9.17) is 0 Å². The summed E-state index contributed by atoms with van der Waals surface area (Å²) in [6.07, 6.45) is 1.16. The number of aromatic nitrogens is 1. The molecule has 0 saturated heterocycles. The average Bonchev–Trinajstić information content (AvgIpc) is 2.58. The summed E-state index contributed by atoms with van der Waals surface area (Å²) in [7, 11) is 0. The first-order valence-corrected chi connectivity index (χ1v) is 7.27. The largest absolute Gasteiger partial charge is 0.314 e. The molecule has 0 spiro atoms. The summed E-state index contributed by atoms with van der Waals surface area (Å²) in [6.45, 7) is 12.9. The van der Waals surface area contributed by atoms with E-state index >= 15 is 0 Å². The van der Waals surface area contributed by atoms with Crippen LogP contribution < -0.4 is 10.6 Å². The van der Waals surface area contributed by atoms with Crippen LogP contribution in [0, 0.1) is 13.8 Å². The van der Waals surface area contributed by atoms with Gasteiger partial charge in [-0.3, -0.25) is 0 Å². The first-order valence-electron chi connectivity index (χ1n) is 6.45. The zero-order valence-corrected chi connectivity index (χ0v) is 12.4. The molecule has 0 aliphatic rings. The van der Waals surface area contributed by atoms with Crippen molar-refractivity contribution >= 4 is 11.3 Å². The Hall–Kier alpha value is -0.450. The quantitative estimate of drug-likeness (QED) is 0.786. The summed E-state index contributed by atoms with van der Waals surface area (Å²) in [6, 6.07) is 0.999. The van der Waals surface area contributed by atoms with Crippen molar-refractivity contribution in [2.45, 2.75) is 53.1 Å².